The molecule has 0 atom stereocenters. The van der Waals surface area contributed by atoms with Gasteiger partial charge in [-0.15, -0.1) is 0 Å². The Balaban J connectivity index is 1.71. The highest BCUT2D eigenvalue weighted by Gasteiger charge is 2.07. The maximum absolute atomic E-state index is 12.2. The fraction of sp³-hybridized carbons (Fsp3) is 0.0526. The third-order valence-corrected chi connectivity index (χ3v) is 4.74. The Kier molecular flexibility index (Phi) is 5.50. The van der Waals surface area contributed by atoms with Crippen LogP contribution in [0.25, 0.3) is 10.8 Å². The molecular weight excluding hydrogens is 448 g/mol. The van der Waals surface area contributed by atoms with Crippen molar-refractivity contribution in [3.63, 3.8) is 0 Å². The summed E-state index contributed by atoms with van der Waals surface area (Å²) in [6, 6.07) is 17.3. The summed E-state index contributed by atoms with van der Waals surface area (Å²) in [4.78, 5) is 12.2. The first-order valence-corrected chi connectivity index (χ1v) is 9.10. The van der Waals surface area contributed by atoms with Crippen molar-refractivity contribution >= 4 is 54.8 Å². The monoisotopic (exact) mass is 460 g/mol. The summed E-state index contributed by atoms with van der Waals surface area (Å²) in [6.07, 6.45) is 1.64. The Labute approximate surface area is 161 Å². The maximum Gasteiger partial charge on any atom is 0.244 e. The number of carbonyl (C=O) groups excluding carboxylic acids is 1. The summed E-state index contributed by atoms with van der Waals surface area (Å²) < 4.78 is 1.34. The highest BCUT2D eigenvalue weighted by molar-refractivity contribution is 9.11. The average molecular weight is 462 g/mol. The molecule has 3 aromatic rings. The van der Waals surface area contributed by atoms with E-state index in [0.29, 0.717) is 10.0 Å². The number of aromatic hydroxyl groups is 1. The van der Waals surface area contributed by atoms with Crippen LogP contribution in [0.1, 0.15) is 11.1 Å². The van der Waals surface area contributed by atoms with E-state index in [2.05, 4.69) is 42.4 Å². The van der Waals surface area contributed by atoms with Crippen molar-refractivity contribution in [2.75, 3.05) is 0 Å². The Morgan fingerprint density at radius 1 is 1.12 bits per heavy atom. The maximum atomic E-state index is 12.2. The first-order chi connectivity index (χ1) is 12.0. The second-order valence-corrected chi connectivity index (χ2v) is 7.20. The van der Waals surface area contributed by atoms with Crippen LogP contribution in [0.15, 0.2) is 68.6 Å². The minimum atomic E-state index is -0.221. The van der Waals surface area contributed by atoms with Crippen LogP contribution in [0, 0.1) is 0 Å². The fourth-order valence-corrected chi connectivity index (χ4v) is 3.78. The van der Waals surface area contributed by atoms with Gasteiger partial charge in [-0.1, -0.05) is 58.4 Å². The van der Waals surface area contributed by atoms with Gasteiger partial charge in [-0.2, -0.15) is 5.10 Å². The molecular formula is C19H14Br2N2O2. The highest BCUT2D eigenvalue weighted by Crippen LogP contribution is 2.30. The molecule has 2 N–H and O–H groups in total. The van der Waals surface area contributed by atoms with Gasteiger partial charge in [-0.05, 0) is 44.4 Å². The molecule has 4 nitrogen and oxygen atoms in total. The fourth-order valence-electron chi connectivity index (χ4n) is 2.52. The number of fused-ring (bicyclic) bond motifs is 1. The number of nitrogens with zero attached hydrogens (tertiary/aromatic N) is 1. The number of hydrogen-bond acceptors (Lipinski definition) is 3. The molecule has 126 valence electrons. The smallest absolute Gasteiger partial charge is 0.244 e. The molecule has 25 heavy (non-hydrogen) atoms. The lowest BCUT2D eigenvalue weighted by Crippen LogP contribution is -2.19. The average Bonchev–Trinajstić information content (AvgIpc) is 2.59. The van der Waals surface area contributed by atoms with Gasteiger partial charge < -0.3 is 5.11 Å². The van der Waals surface area contributed by atoms with Gasteiger partial charge in [0.2, 0.25) is 5.91 Å². The molecule has 0 aromatic heterocycles. The van der Waals surface area contributed by atoms with E-state index in [1.54, 1.807) is 12.1 Å². The molecule has 1 amide bonds. The number of carbonyl (C=O) groups is 1. The summed E-state index contributed by atoms with van der Waals surface area (Å²) >= 11 is 6.60. The van der Waals surface area contributed by atoms with Crippen LogP contribution in [0.3, 0.4) is 0 Å². The molecule has 3 rings (SSSR count). The Morgan fingerprint density at radius 2 is 1.88 bits per heavy atom. The van der Waals surface area contributed by atoms with Gasteiger partial charge >= 0.3 is 0 Å². The number of hydrazone groups is 1. The van der Waals surface area contributed by atoms with Crippen LogP contribution in [0.5, 0.6) is 5.75 Å². The molecule has 0 bridgehead atoms. The van der Waals surface area contributed by atoms with Gasteiger partial charge in [0.15, 0.2) is 0 Å². The zero-order valence-electron chi connectivity index (χ0n) is 13.0. The van der Waals surface area contributed by atoms with Crippen LogP contribution in [-0.2, 0) is 11.2 Å². The summed E-state index contributed by atoms with van der Waals surface area (Å²) in [5.41, 5.74) is 3.93. The normalized spacial score (nSPS) is 11.1. The van der Waals surface area contributed by atoms with Crippen molar-refractivity contribution in [2.24, 2.45) is 5.10 Å². The lowest BCUT2D eigenvalue weighted by atomic mass is 10.0. The molecule has 0 radical (unpaired) electrons. The van der Waals surface area contributed by atoms with E-state index < -0.39 is 0 Å². The third kappa shape index (κ3) is 4.27. The molecule has 0 fully saturated rings. The number of benzene rings is 3. The molecule has 0 aliphatic heterocycles. The van der Waals surface area contributed by atoms with Crippen molar-refractivity contribution in [1.29, 1.82) is 0 Å². The van der Waals surface area contributed by atoms with E-state index in [9.17, 15) is 9.90 Å². The Morgan fingerprint density at radius 3 is 2.72 bits per heavy atom. The summed E-state index contributed by atoms with van der Waals surface area (Å²) in [5.74, 6) is -0.156. The molecule has 0 heterocycles. The predicted octanol–water partition coefficient (Wildman–Crippen LogP) is 4.76. The van der Waals surface area contributed by atoms with Crippen molar-refractivity contribution in [3.8, 4) is 5.75 Å². The van der Waals surface area contributed by atoms with Crippen molar-refractivity contribution in [1.82, 2.24) is 5.43 Å². The van der Waals surface area contributed by atoms with Gasteiger partial charge in [0, 0.05) is 10.0 Å². The van der Waals surface area contributed by atoms with Gasteiger partial charge in [0.1, 0.15) is 5.75 Å². The molecule has 0 unspecified atom stereocenters. The zero-order chi connectivity index (χ0) is 17.8. The molecule has 0 aliphatic carbocycles. The summed E-state index contributed by atoms with van der Waals surface area (Å²) in [5, 5.41) is 16.1. The number of rotatable bonds is 4. The quantitative estimate of drug-likeness (QED) is 0.434. The molecule has 0 saturated heterocycles. The molecule has 0 spiro atoms. The van der Waals surface area contributed by atoms with Crippen molar-refractivity contribution < 1.29 is 9.90 Å². The predicted molar refractivity (Wildman–Crippen MR) is 107 cm³/mol. The second kappa shape index (κ2) is 7.80. The number of halogens is 2. The van der Waals surface area contributed by atoms with E-state index >= 15 is 0 Å². The van der Waals surface area contributed by atoms with Crippen LogP contribution >= 0.6 is 31.9 Å². The molecule has 3 aromatic carbocycles. The van der Waals surface area contributed by atoms with E-state index in [-0.39, 0.29) is 18.1 Å². The minimum absolute atomic E-state index is 0.0650. The first kappa shape index (κ1) is 17.6. The molecule has 6 heteroatoms. The minimum Gasteiger partial charge on any atom is -0.506 e. The Hall–Kier alpha value is -2.18. The Bertz CT molecular complexity index is 966. The van der Waals surface area contributed by atoms with E-state index in [1.165, 1.54) is 6.21 Å². The van der Waals surface area contributed by atoms with E-state index in [1.807, 2.05) is 42.5 Å². The highest BCUT2D eigenvalue weighted by atomic mass is 79.9. The van der Waals surface area contributed by atoms with Gasteiger partial charge in [0.05, 0.1) is 17.1 Å². The van der Waals surface area contributed by atoms with E-state index in [0.717, 1.165) is 20.8 Å². The number of nitrogens with one attached hydrogen (secondary N) is 1. The SMILES string of the molecule is O=C(Cc1cccc2ccccc12)N/N=C\c1cc(Br)cc(Br)c1O. The van der Waals surface area contributed by atoms with Gasteiger partial charge in [0.25, 0.3) is 0 Å². The number of phenolic OH excluding ortho intramolecular Hbond substituents is 1. The standard InChI is InChI=1S/C19H14Br2N2O2/c20-15-8-14(19(25)17(21)10-15)11-22-23-18(24)9-13-6-3-5-12-4-1-2-7-16(12)13/h1-8,10-11,25H,9H2,(H,23,24)/b22-11-. The van der Waals surface area contributed by atoms with Gasteiger partial charge in [-0.3, -0.25) is 4.79 Å². The second-order valence-electron chi connectivity index (χ2n) is 5.43. The number of hydrogen-bond donors (Lipinski definition) is 2. The first-order valence-electron chi connectivity index (χ1n) is 7.51. The summed E-state index contributed by atoms with van der Waals surface area (Å²) in [6.45, 7) is 0. The van der Waals surface area contributed by atoms with Crippen LogP contribution in [0.4, 0.5) is 0 Å². The number of phenols is 1. The largest absolute Gasteiger partial charge is 0.506 e. The van der Waals surface area contributed by atoms with Crippen molar-refractivity contribution in [3.05, 3.63) is 74.7 Å². The lowest BCUT2D eigenvalue weighted by Gasteiger charge is -2.06. The van der Waals surface area contributed by atoms with Crippen LogP contribution in [0.2, 0.25) is 0 Å². The zero-order valence-corrected chi connectivity index (χ0v) is 16.2. The van der Waals surface area contributed by atoms with Crippen LogP contribution in [-0.4, -0.2) is 17.2 Å². The molecule has 0 aliphatic rings. The topological polar surface area (TPSA) is 61.7 Å². The van der Waals surface area contributed by atoms with E-state index in [4.69, 9.17) is 0 Å². The van der Waals surface area contributed by atoms with Crippen molar-refractivity contribution in [2.45, 2.75) is 6.42 Å². The lowest BCUT2D eigenvalue weighted by molar-refractivity contribution is -0.120. The third-order valence-electron chi connectivity index (χ3n) is 3.68. The number of amides is 1. The molecule has 0 saturated carbocycles. The van der Waals surface area contributed by atoms with Gasteiger partial charge in [-0.25, -0.2) is 5.43 Å². The summed E-state index contributed by atoms with van der Waals surface area (Å²) in [7, 11) is 0. The van der Waals surface area contributed by atoms with Crippen LogP contribution < -0.4 is 5.43 Å².